The molecule has 1 aromatic carbocycles. The van der Waals surface area contributed by atoms with Crippen LogP contribution in [0.15, 0.2) is 35.1 Å². The number of halogens is 1. The first-order chi connectivity index (χ1) is 8.99. The van der Waals surface area contributed by atoms with E-state index in [0.717, 1.165) is 11.3 Å². The van der Waals surface area contributed by atoms with Gasteiger partial charge in [0.05, 0.1) is 11.7 Å². The van der Waals surface area contributed by atoms with Gasteiger partial charge in [0, 0.05) is 10.6 Å². The molecule has 2 aromatic rings. The van der Waals surface area contributed by atoms with Gasteiger partial charge in [-0.05, 0) is 29.7 Å². The van der Waals surface area contributed by atoms with Crippen molar-refractivity contribution in [2.45, 2.75) is 25.8 Å². The van der Waals surface area contributed by atoms with Crippen LogP contribution in [0, 0.1) is 0 Å². The molecule has 0 aliphatic heterocycles. The number of aromatic amines is 1. The van der Waals surface area contributed by atoms with Crippen LogP contribution in [0.1, 0.15) is 42.6 Å². The van der Waals surface area contributed by atoms with E-state index in [1.165, 1.54) is 0 Å². The van der Waals surface area contributed by atoms with E-state index in [-0.39, 0.29) is 11.5 Å². The maximum Gasteiger partial charge on any atom is 0.269 e. The van der Waals surface area contributed by atoms with E-state index in [2.05, 4.69) is 10.2 Å². The lowest BCUT2D eigenvalue weighted by molar-refractivity contribution is 0.747. The standard InChI is InChI=1S/C14H16ClN3O/c1-8(2)12-7-11(14(19)18-17-12)13(16)9-3-5-10(15)6-4-9/h3-8,13H,16H2,1-2H3,(H,18,19). The van der Waals surface area contributed by atoms with Gasteiger partial charge in [-0.3, -0.25) is 4.79 Å². The van der Waals surface area contributed by atoms with E-state index in [4.69, 9.17) is 17.3 Å². The number of nitrogens with zero attached hydrogens (tertiary/aromatic N) is 1. The first kappa shape index (κ1) is 13.8. The third-order valence-corrected chi connectivity index (χ3v) is 3.26. The van der Waals surface area contributed by atoms with E-state index < -0.39 is 6.04 Å². The lowest BCUT2D eigenvalue weighted by atomic mass is 9.99. The molecule has 2 rings (SSSR count). The Bertz CT molecular complexity index is 619. The van der Waals surface area contributed by atoms with E-state index >= 15 is 0 Å². The maximum atomic E-state index is 11.9. The molecule has 0 radical (unpaired) electrons. The SMILES string of the molecule is CC(C)c1cc(C(N)c2ccc(Cl)cc2)c(=O)[nH]n1. The molecule has 5 heteroatoms. The van der Waals surface area contributed by atoms with Gasteiger partial charge in [0.1, 0.15) is 0 Å². The van der Waals surface area contributed by atoms with Gasteiger partial charge in [-0.15, -0.1) is 0 Å². The Morgan fingerprint density at radius 1 is 1.26 bits per heavy atom. The van der Waals surface area contributed by atoms with Crippen molar-refractivity contribution in [2.75, 3.05) is 0 Å². The van der Waals surface area contributed by atoms with Gasteiger partial charge in [0.25, 0.3) is 5.56 Å². The molecule has 0 fully saturated rings. The second kappa shape index (κ2) is 5.55. The number of nitrogens with one attached hydrogen (secondary N) is 1. The molecule has 0 amide bonds. The zero-order valence-corrected chi connectivity index (χ0v) is 11.6. The molecule has 0 saturated heterocycles. The number of hydrogen-bond acceptors (Lipinski definition) is 3. The van der Waals surface area contributed by atoms with Crippen molar-refractivity contribution < 1.29 is 0 Å². The van der Waals surface area contributed by atoms with E-state index in [9.17, 15) is 4.79 Å². The summed E-state index contributed by atoms with van der Waals surface area (Å²) >= 11 is 5.84. The van der Waals surface area contributed by atoms with Crippen LogP contribution >= 0.6 is 11.6 Å². The first-order valence-electron chi connectivity index (χ1n) is 6.09. The van der Waals surface area contributed by atoms with Crippen molar-refractivity contribution in [3.63, 3.8) is 0 Å². The summed E-state index contributed by atoms with van der Waals surface area (Å²) in [6, 6.07) is 8.44. The summed E-state index contributed by atoms with van der Waals surface area (Å²) in [7, 11) is 0. The highest BCUT2D eigenvalue weighted by Crippen LogP contribution is 2.20. The third-order valence-electron chi connectivity index (χ3n) is 3.01. The molecular formula is C14H16ClN3O. The van der Waals surface area contributed by atoms with Crippen LogP contribution in [-0.4, -0.2) is 10.2 Å². The second-order valence-corrected chi connectivity index (χ2v) is 5.20. The van der Waals surface area contributed by atoms with Crippen molar-refractivity contribution in [1.29, 1.82) is 0 Å². The van der Waals surface area contributed by atoms with Crippen LogP contribution < -0.4 is 11.3 Å². The molecule has 0 aliphatic carbocycles. The lowest BCUT2D eigenvalue weighted by Gasteiger charge is -2.13. The highest BCUT2D eigenvalue weighted by atomic mass is 35.5. The monoisotopic (exact) mass is 277 g/mol. The molecule has 3 N–H and O–H groups in total. The van der Waals surface area contributed by atoms with Gasteiger partial charge < -0.3 is 5.73 Å². The molecule has 0 bridgehead atoms. The van der Waals surface area contributed by atoms with Gasteiger partial charge in [0.2, 0.25) is 0 Å². The average Bonchev–Trinajstić information content (AvgIpc) is 2.39. The van der Waals surface area contributed by atoms with Gasteiger partial charge >= 0.3 is 0 Å². The number of aromatic nitrogens is 2. The molecule has 19 heavy (non-hydrogen) atoms. The molecule has 1 aromatic heterocycles. The average molecular weight is 278 g/mol. The minimum Gasteiger partial charge on any atom is -0.320 e. The Morgan fingerprint density at radius 3 is 2.47 bits per heavy atom. The molecule has 1 heterocycles. The first-order valence-corrected chi connectivity index (χ1v) is 6.47. The van der Waals surface area contributed by atoms with Gasteiger partial charge in [0.15, 0.2) is 0 Å². The van der Waals surface area contributed by atoms with Crippen molar-refractivity contribution in [3.05, 3.63) is 62.5 Å². The Balaban J connectivity index is 2.43. The van der Waals surface area contributed by atoms with Crippen molar-refractivity contribution >= 4 is 11.6 Å². The fourth-order valence-electron chi connectivity index (χ4n) is 1.81. The molecule has 1 unspecified atom stereocenters. The van der Waals surface area contributed by atoms with Crippen LogP contribution in [0.2, 0.25) is 5.02 Å². The maximum absolute atomic E-state index is 11.9. The molecular weight excluding hydrogens is 262 g/mol. The summed E-state index contributed by atoms with van der Waals surface area (Å²) in [5.41, 5.74) is 8.06. The normalized spacial score (nSPS) is 12.7. The number of benzene rings is 1. The van der Waals surface area contributed by atoms with Gasteiger partial charge in [-0.1, -0.05) is 37.6 Å². The number of rotatable bonds is 3. The Hall–Kier alpha value is -1.65. The third kappa shape index (κ3) is 3.03. The highest BCUT2D eigenvalue weighted by Gasteiger charge is 2.15. The van der Waals surface area contributed by atoms with Gasteiger partial charge in [-0.25, -0.2) is 5.10 Å². The Kier molecular flexibility index (Phi) is 4.02. The smallest absolute Gasteiger partial charge is 0.269 e. The largest absolute Gasteiger partial charge is 0.320 e. The molecule has 0 saturated carbocycles. The zero-order chi connectivity index (χ0) is 14.0. The van der Waals surface area contributed by atoms with Crippen molar-refractivity contribution in [2.24, 2.45) is 5.73 Å². The second-order valence-electron chi connectivity index (χ2n) is 4.76. The summed E-state index contributed by atoms with van der Waals surface area (Å²) in [5, 5.41) is 7.16. The van der Waals surface area contributed by atoms with Crippen LogP contribution in [0.3, 0.4) is 0 Å². The molecule has 0 spiro atoms. The fraction of sp³-hybridized carbons (Fsp3) is 0.286. The number of nitrogens with two attached hydrogens (primary N) is 1. The van der Waals surface area contributed by atoms with Gasteiger partial charge in [-0.2, -0.15) is 5.10 Å². The Morgan fingerprint density at radius 2 is 1.89 bits per heavy atom. The summed E-state index contributed by atoms with van der Waals surface area (Å²) < 4.78 is 0. The number of hydrogen-bond donors (Lipinski definition) is 2. The quantitative estimate of drug-likeness (QED) is 0.906. The minimum absolute atomic E-state index is 0.230. The predicted octanol–water partition coefficient (Wildman–Crippen LogP) is 2.59. The van der Waals surface area contributed by atoms with E-state index in [1.54, 1.807) is 18.2 Å². The summed E-state index contributed by atoms with van der Waals surface area (Å²) in [4.78, 5) is 11.9. The van der Waals surface area contributed by atoms with Crippen molar-refractivity contribution in [1.82, 2.24) is 10.2 Å². The summed E-state index contributed by atoms with van der Waals surface area (Å²) in [6.45, 7) is 4.02. The zero-order valence-electron chi connectivity index (χ0n) is 10.9. The fourth-order valence-corrected chi connectivity index (χ4v) is 1.94. The molecule has 4 nitrogen and oxygen atoms in total. The van der Waals surface area contributed by atoms with E-state index in [1.807, 2.05) is 26.0 Å². The van der Waals surface area contributed by atoms with Crippen LogP contribution in [-0.2, 0) is 0 Å². The summed E-state index contributed by atoms with van der Waals surface area (Å²) in [6.07, 6.45) is 0. The predicted molar refractivity (Wildman–Crippen MR) is 76.4 cm³/mol. The van der Waals surface area contributed by atoms with Crippen LogP contribution in [0.4, 0.5) is 0 Å². The molecule has 100 valence electrons. The molecule has 0 aliphatic rings. The lowest BCUT2D eigenvalue weighted by Crippen LogP contribution is -2.24. The van der Waals surface area contributed by atoms with E-state index in [0.29, 0.717) is 10.6 Å². The minimum atomic E-state index is -0.485. The number of H-pyrrole nitrogens is 1. The van der Waals surface area contributed by atoms with Crippen molar-refractivity contribution in [3.8, 4) is 0 Å². The highest BCUT2D eigenvalue weighted by molar-refractivity contribution is 6.30. The topological polar surface area (TPSA) is 71.8 Å². The van der Waals surface area contributed by atoms with Crippen LogP contribution in [0.25, 0.3) is 0 Å². The van der Waals surface area contributed by atoms with Crippen LogP contribution in [0.5, 0.6) is 0 Å². The Labute approximate surface area is 116 Å². The summed E-state index contributed by atoms with van der Waals surface area (Å²) in [5.74, 6) is 0.230. The molecule has 1 atom stereocenters.